The van der Waals surface area contributed by atoms with E-state index in [0.29, 0.717) is 5.69 Å². The van der Waals surface area contributed by atoms with Crippen LogP contribution in [-0.4, -0.2) is 20.4 Å². The molecule has 3 rings (SSSR count). The van der Waals surface area contributed by atoms with Crippen LogP contribution in [0.1, 0.15) is 18.1 Å². The van der Waals surface area contributed by atoms with Crippen LogP contribution in [0.5, 0.6) is 0 Å². The van der Waals surface area contributed by atoms with Crippen LogP contribution < -0.4 is 10.0 Å². The van der Waals surface area contributed by atoms with Crippen molar-refractivity contribution in [1.82, 2.24) is 5.32 Å². The van der Waals surface area contributed by atoms with Crippen molar-refractivity contribution >= 4 is 56.2 Å². The first-order valence-electron chi connectivity index (χ1n) is 9.10. The van der Waals surface area contributed by atoms with Gasteiger partial charge in [0.15, 0.2) is 0 Å². The van der Waals surface area contributed by atoms with Crippen molar-refractivity contribution in [2.45, 2.75) is 30.7 Å². The highest BCUT2D eigenvalue weighted by Gasteiger charge is 2.16. The van der Waals surface area contributed by atoms with Crippen molar-refractivity contribution < 1.29 is 13.2 Å². The molecule has 2 aromatic carbocycles. The second-order valence-corrected chi connectivity index (χ2v) is 10.1. The second kappa shape index (κ2) is 9.83. The fraction of sp³-hybridized carbons (Fsp3) is 0.190. The standard InChI is InChI=1S/C21H20Cl2N2O3S2/c1-14(10-16-8-9-29-13-16)24-21(26)11-15-2-4-17(5-3-15)25-30(27,28)18-6-7-19(22)20(23)12-18/h2-9,12-14,25H,10-11H2,1H3,(H,24,26). The topological polar surface area (TPSA) is 75.3 Å². The summed E-state index contributed by atoms with van der Waals surface area (Å²) in [5, 5.41) is 7.51. The van der Waals surface area contributed by atoms with Crippen LogP contribution in [-0.2, 0) is 27.7 Å². The van der Waals surface area contributed by atoms with E-state index in [9.17, 15) is 13.2 Å². The molecule has 30 heavy (non-hydrogen) atoms. The molecule has 2 N–H and O–H groups in total. The highest BCUT2D eigenvalue weighted by atomic mass is 35.5. The molecule has 0 aliphatic rings. The van der Waals surface area contributed by atoms with Gasteiger partial charge in [-0.15, -0.1) is 0 Å². The Morgan fingerprint density at radius 1 is 1.03 bits per heavy atom. The van der Waals surface area contributed by atoms with Crippen molar-refractivity contribution in [3.63, 3.8) is 0 Å². The van der Waals surface area contributed by atoms with Crippen LogP contribution >= 0.6 is 34.5 Å². The maximum atomic E-state index is 12.5. The molecule has 1 heterocycles. The lowest BCUT2D eigenvalue weighted by Crippen LogP contribution is -2.35. The molecule has 0 bridgehead atoms. The van der Waals surface area contributed by atoms with Crippen LogP contribution in [0.2, 0.25) is 10.0 Å². The molecule has 0 aliphatic carbocycles. The number of sulfonamides is 1. The summed E-state index contributed by atoms with van der Waals surface area (Å²) in [6.45, 7) is 1.97. The number of carbonyl (C=O) groups is 1. The van der Waals surface area contributed by atoms with E-state index in [2.05, 4.69) is 15.4 Å². The van der Waals surface area contributed by atoms with Gasteiger partial charge >= 0.3 is 0 Å². The maximum Gasteiger partial charge on any atom is 0.261 e. The quantitative estimate of drug-likeness (QED) is 0.466. The lowest BCUT2D eigenvalue weighted by Gasteiger charge is -2.13. The van der Waals surface area contributed by atoms with Crippen molar-refractivity contribution in [2.75, 3.05) is 4.72 Å². The summed E-state index contributed by atoms with van der Waals surface area (Å²) in [5.74, 6) is -0.0816. The average molecular weight is 483 g/mol. The molecule has 0 saturated carbocycles. The fourth-order valence-electron chi connectivity index (χ4n) is 2.87. The molecular weight excluding hydrogens is 463 g/mol. The Balaban J connectivity index is 1.57. The molecule has 1 amide bonds. The van der Waals surface area contributed by atoms with Gasteiger partial charge < -0.3 is 5.32 Å². The van der Waals surface area contributed by atoms with Crippen LogP contribution in [0.4, 0.5) is 5.69 Å². The first kappa shape index (κ1) is 22.6. The normalized spacial score (nSPS) is 12.4. The molecule has 1 unspecified atom stereocenters. The van der Waals surface area contributed by atoms with Gasteiger partial charge in [-0.05, 0) is 71.6 Å². The molecule has 1 aromatic heterocycles. The number of hydrogen-bond acceptors (Lipinski definition) is 4. The number of halogens is 2. The third-order valence-corrected chi connectivity index (χ3v) is 7.15. The second-order valence-electron chi connectivity index (χ2n) is 6.86. The Morgan fingerprint density at radius 2 is 1.77 bits per heavy atom. The number of nitrogens with one attached hydrogen (secondary N) is 2. The van der Waals surface area contributed by atoms with Crippen LogP contribution in [0.25, 0.3) is 0 Å². The summed E-state index contributed by atoms with van der Waals surface area (Å²) in [4.78, 5) is 12.3. The van der Waals surface area contributed by atoms with Crippen molar-refractivity contribution in [3.8, 4) is 0 Å². The van der Waals surface area contributed by atoms with Gasteiger partial charge in [-0.2, -0.15) is 11.3 Å². The minimum absolute atomic E-state index is 0.0139. The Bertz CT molecular complexity index is 1120. The zero-order chi connectivity index (χ0) is 21.7. The van der Waals surface area contributed by atoms with Crippen molar-refractivity contribution in [1.29, 1.82) is 0 Å². The Kier molecular flexibility index (Phi) is 7.41. The zero-order valence-electron chi connectivity index (χ0n) is 16.1. The molecule has 0 radical (unpaired) electrons. The number of rotatable bonds is 8. The smallest absolute Gasteiger partial charge is 0.261 e. The first-order valence-corrected chi connectivity index (χ1v) is 12.3. The number of hydrogen-bond donors (Lipinski definition) is 2. The summed E-state index contributed by atoms with van der Waals surface area (Å²) in [5.41, 5.74) is 2.37. The molecule has 9 heteroatoms. The Morgan fingerprint density at radius 3 is 2.40 bits per heavy atom. The lowest BCUT2D eigenvalue weighted by atomic mass is 10.1. The zero-order valence-corrected chi connectivity index (χ0v) is 19.2. The monoisotopic (exact) mass is 482 g/mol. The molecule has 0 saturated heterocycles. The van der Waals surface area contributed by atoms with E-state index in [-0.39, 0.29) is 33.3 Å². The van der Waals surface area contributed by atoms with E-state index in [1.165, 1.54) is 23.8 Å². The van der Waals surface area contributed by atoms with Gasteiger partial charge in [-0.25, -0.2) is 8.42 Å². The predicted molar refractivity (Wildman–Crippen MR) is 123 cm³/mol. The van der Waals surface area contributed by atoms with E-state index in [4.69, 9.17) is 23.2 Å². The van der Waals surface area contributed by atoms with Crippen LogP contribution in [0.15, 0.2) is 64.2 Å². The molecule has 3 aromatic rings. The fourth-order valence-corrected chi connectivity index (χ4v) is 5.00. The molecule has 158 valence electrons. The van der Waals surface area contributed by atoms with Crippen molar-refractivity contribution in [2.24, 2.45) is 0 Å². The van der Waals surface area contributed by atoms with E-state index in [1.807, 2.05) is 18.4 Å². The number of anilines is 1. The summed E-state index contributed by atoms with van der Waals surface area (Å²) in [6, 6.07) is 12.9. The molecule has 1 atom stereocenters. The van der Waals surface area contributed by atoms with E-state index >= 15 is 0 Å². The van der Waals surface area contributed by atoms with E-state index in [0.717, 1.165) is 12.0 Å². The average Bonchev–Trinajstić information content (AvgIpc) is 3.18. The minimum Gasteiger partial charge on any atom is -0.353 e. The van der Waals surface area contributed by atoms with Gasteiger partial charge in [0.25, 0.3) is 10.0 Å². The number of carbonyl (C=O) groups excluding carboxylic acids is 1. The third kappa shape index (κ3) is 6.22. The van der Waals surface area contributed by atoms with Gasteiger partial charge in [-0.3, -0.25) is 9.52 Å². The number of thiophene rings is 1. The molecule has 0 fully saturated rings. The molecule has 0 aliphatic heterocycles. The van der Waals surface area contributed by atoms with E-state index in [1.54, 1.807) is 35.6 Å². The highest BCUT2D eigenvalue weighted by molar-refractivity contribution is 7.92. The number of amides is 1. The molecule has 5 nitrogen and oxygen atoms in total. The summed E-state index contributed by atoms with van der Waals surface area (Å²) < 4.78 is 27.5. The van der Waals surface area contributed by atoms with Crippen LogP contribution in [0.3, 0.4) is 0 Å². The van der Waals surface area contributed by atoms with Gasteiger partial charge in [0, 0.05) is 11.7 Å². The third-order valence-electron chi connectivity index (χ3n) is 4.30. The summed E-state index contributed by atoms with van der Waals surface area (Å²) in [6.07, 6.45) is 0.998. The summed E-state index contributed by atoms with van der Waals surface area (Å²) >= 11 is 13.4. The Hall–Kier alpha value is -2.06. The van der Waals surface area contributed by atoms with Gasteiger partial charge in [0.05, 0.1) is 21.4 Å². The van der Waals surface area contributed by atoms with Gasteiger partial charge in [0.2, 0.25) is 5.91 Å². The van der Waals surface area contributed by atoms with Gasteiger partial charge in [-0.1, -0.05) is 35.3 Å². The molecule has 0 spiro atoms. The SMILES string of the molecule is CC(Cc1ccsc1)NC(=O)Cc1ccc(NS(=O)(=O)c2ccc(Cl)c(Cl)c2)cc1. The molecular formula is C21H20Cl2N2O3S2. The van der Waals surface area contributed by atoms with E-state index < -0.39 is 10.0 Å². The maximum absolute atomic E-state index is 12.5. The lowest BCUT2D eigenvalue weighted by molar-refractivity contribution is -0.121. The van der Waals surface area contributed by atoms with Crippen LogP contribution in [0, 0.1) is 0 Å². The largest absolute Gasteiger partial charge is 0.353 e. The van der Waals surface area contributed by atoms with Crippen molar-refractivity contribution in [3.05, 3.63) is 80.5 Å². The Labute approximate surface area is 190 Å². The number of benzene rings is 2. The highest BCUT2D eigenvalue weighted by Crippen LogP contribution is 2.26. The summed E-state index contributed by atoms with van der Waals surface area (Å²) in [7, 11) is -3.80. The first-order chi connectivity index (χ1) is 14.2. The minimum atomic E-state index is -3.80. The van der Waals surface area contributed by atoms with Gasteiger partial charge in [0.1, 0.15) is 0 Å². The predicted octanol–water partition coefficient (Wildman–Crippen LogP) is 5.15.